The second-order valence-electron chi connectivity index (χ2n) is 10.3. The maximum Gasteiger partial charge on any atom is 0.407 e. The molecule has 0 fully saturated rings. The lowest BCUT2D eigenvalue weighted by atomic mass is 9.95. The topological polar surface area (TPSA) is 115 Å². The van der Waals surface area contributed by atoms with Crippen LogP contribution >= 0.6 is 0 Å². The number of aromatic nitrogens is 4. The quantitative estimate of drug-likeness (QED) is 0.277. The number of carbonyl (C=O) groups excluding carboxylic acids is 1. The molecule has 3 aromatic carbocycles. The van der Waals surface area contributed by atoms with Crippen molar-refractivity contribution in [2.45, 2.75) is 32.9 Å². The highest BCUT2D eigenvalue weighted by Gasteiger charge is 2.23. The summed E-state index contributed by atoms with van der Waals surface area (Å²) in [6, 6.07) is 15.0. The number of H-pyrrole nitrogens is 1. The molecule has 0 atom stereocenters. The summed E-state index contributed by atoms with van der Waals surface area (Å²) in [5, 5.41) is 16.6. The smallest absolute Gasteiger partial charge is 0.407 e. The minimum absolute atomic E-state index is 0.0475. The highest BCUT2D eigenvalue weighted by Crippen LogP contribution is 2.47. The van der Waals surface area contributed by atoms with Crippen molar-refractivity contribution in [3.63, 3.8) is 0 Å². The molecule has 1 amide bonds. The van der Waals surface area contributed by atoms with Crippen LogP contribution in [0.1, 0.15) is 26.5 Å². The van der Waals surface area contributed by atoms with E-state index in [1.807, 2.05) is 49.5 Å². The molecular formula is C30H28N6O4. The maximum absolute atomic E-state index is 12.6. The Kier molecular flexibility index (Phi) is 6.73. The number of aromatic amines is 1. The molecule has 2 aromatic heterocycles. The van der Waals surface area contributed by atoms with Gasteiger partial charge in [0.05, 0.1) is 43.2 Å². The van der Waals surface area contributed by atoms with Gasteiger partial charge in [0.1, 0.15) is 11.4 Å². The lowest BCUT2D eigenvalue weighted by molar-refractivity contribution is 0.0523. The highest BCUT2D eigenvalue weighted by molar-refractivity contribution is 6.06. The number of nitrogens with one attached hydrogen (secondary N) is 2. The first kappa shape index (κ1) is 26.4. The normalized spacial score (nSPS) is 11.4. The minimum Gasteiger partial charge on any atom is -0.497 e. The van der Waals surface area contributed by atoms with E-state index in [9.17, 15) is 9.59 Å². The van der Waals surface area contributed by atoms with E-state index in [-0.39, 0.29) is 12.1 Å². The molecule has 10 nitrogen and oxygen atoms in total. The molecule has 2 N–H and O–H groups in total. The molecule has 2 heterocycles. The summed E-state index contributed by atoms with van der Waals surface area (Å²) in [6.07, 6.45) is 1.13. The number of fused-ring (bicyclic) bond motifs is 2. The van der Waals surface area contributed by atoms with E-state index in [0.29, 0.717) is 39.2 Å². The van der Waals surface area contributed by atoms with Crippen molar-refractivity contribution in [2.24, 2.45) is 7.05 Å². The van der Waals surface area contributed by atoms with Gasteiger partial charge in [-0.25, -0.2) is 14.7 Å². The van der Waals surface area contributed by atoms with Crippen LogP contribution in [0.15, 0.2) is 59.5 Å². The molecule has 0 bridgehead atoms. The number of aryl methyl sites for hydroxylation is 1. The fraction of sp³-hybridized carbons (Fsp3) is 0.233. The van der Waals surface area contributed by atoms with Gasteiger partial charge in [0.25, 0.3) is 5.56 Å². The highest BCUT2D eigenvalue weighted by atomic mass is 16.6. The third kappa shape index (κ3) is 4.85. The van der Waals surface area contributed by atoms with Gasteiger partial charge >= 0.3 is 6.09 Å². The predicted molar refractivity (Wildman–Crippen MR) is 153 cm³/mol. The number of alkyl carbamates (subject to hydrolysis) is 1. The average Bonchev–Trinajstić information content (AvgIpc) is 3.31. The summed E-state index contributed by atoms with van der Waals surface area (Å²) in [7, 11) is 3.39. The number of amides is 1. The molecule has 0 aliphatic carbocycles. The van der Waals surface area contributed by atoms with E-state index in [0.717, 1.165) is 21.9 Å². The molecule has 0 spiro atoms. The second-order valence-corrected chi connectivity index (χ2v) is 10.3. The molecule has 0 saturated carbocycles. The Morgan fingerprint density at radius 3 is 2.62 bits per heavy atom. The summed E-state index contributed by atoms with van der Waals surface area (Å²) in [5.74, 6) is 0.552. The molecule has 202 valence electrons. The summed E-state index contributed by atoms with van der Waals surface area (Å²) in [5.41, 5.74) is 2.75. The van der Waals surface area contributed by atoms with Crippen LogP contribution in [0.5, 0.6) is 5.75 Å². The summed E-state index contributed by atoms with van der Waals surface area (Å²) < 4.78 is 12.8. The van der Waals surface area contributed by atoms with Gasteiger partial charge < -0.3 is 14.8 Å². The average molecular weight is 537 g/mol. The van der Waals surface area contributed by atoms with Crippen molar-refractivity contribution >= 4 is 33.3 Å². The van der Waals surface area contributed by atoms with Gasteiger partial charge in [-0.15, -0.1) is 0 Å². The van der Waals surface area contributed by atoms with Crippen LogP contribution in [-0.4, -0.2) is 38.8 Å². The van der Waals surface area contributed by atoms with Crippen LogP contribution in [0.2, 0.25) is 0 Å². The van der Waals surface area contributed by atoms with Crippen molar-refractivity contribution in [2.75, 3.05) is 7.11 Å². The molecule has 0 unspecified atom stereocenters. The fourth-order valence-corrected chi connectivity index (χ4v) is 4.75. The number of methoxy groups -OCH3 is 1. The molecule has 0 radical (unpaired) electrons. The second kappa shape index (κ2) is 10.2. The molecule has 5 rings (SSSR count). The lowest BCUT2D eigenvalue weighted by Crippen LogP contribution is -2.32. The first-order valence-electron chi connectivity index (χ1n) is 12.6. The summed E-state index contributed by atoms with van der Waals surface area (Å²) in [6.45, 7) is 13.4. The molecule has 0 aliphatic heterocycles. The molecular weight excluding hydrogens is 508 g/mol. The van der Waals surface area contributed by atoms with Crippen molar-refractivity contribution in [1.29, 1.82) is 0 Å². The zero-order valence-electron chi connectivity index (χ0n) is 22.8. The van der Waals surface area contributed by atoms with Crippen LogP contribution in [0.4, 0.5) is 10.5 Å². The van der Waals surface area contributed by atoms with E-state index < -0.39 is 11.7 Å². The first-order chi connectivity index (χ1) is 19.1. The van der Waals surface area contributed by atoms with E-state index in [1.54, 1.807) is 44.8 Å². The first-order valence-corrected chi connectivity index (χ1v) is 12.6. The molecule has 5 aromatic rings. The van der Waals surface area contributed by atoms with Crippen molar-refractivity contribution in [3.8, 4) is 28.1 Å². The third-order valence-corrected chi connectivity index (χ3v) is 6.47. The van der Waals surface area contributed by atoms with Crippen LogP contribution in [-0.2, 0) is 18.3 Å². The van der Waals surface area contributed by atoms with Crippen molar-refractivity contribution in [3.05, 3.63) is 82.2 Å². The third-order valence-electron chi connectivity index (χ3n) is 6.47. The van der Waals surface area contributed by atoms with E-state index in [4.69, 9.17) is 16.0 Å². The Balaban J connectivity index is 1.66. The van der Waals surface area contributed by atoms with Crippen molar-refractivity contribution in [1.82, 2.24) is 25.3 Å². The van der Waals surface area contributed by atoms with Gasteiger partial charge in [0.15, 0.2) is 0 Å². The Morgan fingerprint density at radius 2 is 1.90 bits per heavy atom. The maximum atomic E-state index is 12.6. The molecule has 0 aliphatic rings. The largest absolute Gasteiger partial charge is 0.497 e. The van der Waals surface area contributed by atoms with Crippen LogP contribution in [0.25, 0.3) is 48.8 Å². The van der Waals surface area contributed by atoms with Gasteiger partial charge in [-0.2, -0.15) is 10.2 Å². The van der Waals surface area contributed by atoms with E-state index >= 15 is 0 Å². The van der Waals surface area contributed by atoms with Crippen LogP contribution < -0.4 is 15.6 Å². The van der Waals surface area contributed by atoms with Gasteiger partial charge in [-0.3, -0.25) is 9.48 Å². The Bertz CT molecular complexity index is 1870. The van der Waals surface area contributed by atoms with Gasteiger partial charge in [-0.1, -0.05) is 30.3 Å². The predicted octanol–water partition coefficient (Wildman–Crippen LogP) is 5.73. The number of benzene rings is 3. The SMILES string of the molecule is [C-]#[N+]c1c(-c2c(-c3ccc4c(=O)[nH]nc(CNC(=O)OC(C)(C)C)c4c3)cnn2C)c(OC)cc2ccccc12. The zero-order valence-corrected chi connectivity index (χ0v) is 22.8. The number of rotatable bonds is 5. The Hall–Kier alpha value is -5.17. The van der Waals surface area contributed by atoms with Gasteiger partial charge in [0, 0.05) is 23.6 Å². The summed E-state index contributed by atoms with van der Waals surface area (Å²) in [4.78, 5) is 28.8. The monoisotopic (exact) mass is 536 g/mol. The number of hydrogen-bond acceptors (Lipinski definition) is 6. The number of ether oxygens (including phenoxy) is 2. The fourth-order valence-electron chi connectivity index (χ4n) is 4.75. The standard InChI is InChI=1S/C30H28N6O4/c1-30(2,3)40-29(38)32-16-23-21-13-18(11-12-20(21)28(37)35-34-23)22-15-33-36(5)27(22)25-24(39-6)14-17-9-7-8-10-19(17)26(25)31-4/h7-15H,16H2,1-3,5-6H3,(H,32,38)(H,35,37). The minimum atomic E-state index is -0.650. The Morgan fingerprint density at radius 1 is 1.12 bits per heavy atom. The van der Waals surface area contributed by atoms with Crippen LogP contribution in [0, 0.1) is 6.57 Å². The zero-order chi connectivity index (χ0) is 28.6. The van der Waals surface area contributed by atoms with Crippen molar-refractivity contribution < 1.29 is 14.3 Å². The van der Waals surface area contributed by atoms with E-state index in [1.165, 1.54) is 0 Å². The molecule has 0 saturated heterocycles. The summed E-state index contributed by atoms with van der Waals surface area (Å²) >= 11 is 0. The van der Waals surface area contributed by atoms with E-state index in [2.05, 4.69) is 25.5 Å². The number of carbonyl (C=O) groups is 1. The van der Waals surface area contributed by atoms with Crippen LogP contribution in [0.3, 0.4) is 0 Å². The Labute approximate surface area is 230 Å². The van der Waals surface area contributed by atoms with Gasteiger partial charge in [-0.05, 0) is 55.3 Å². The van der Waals surface area contributed by atoms with Gasteiger partial charge in [0.2, 0.25) is 5.69 Å². The lowest BCUT2D eigenvalue weighted by Gasteiger charge is -2.19. The molecule has 10 heteroatoms. The number of nitrogens with zero attached hydrogens (tertiary/aromatic N) is 4. The number of hydrogen-bond donors (Lipinski definition) is 2. The molecule has 40 heavy (non-hydrogen) atoms.